The predicted octanol–water partition coefficient (Wildman–Crippen LogP) is 6.30. The van der Waals surface area contributed by atoms with Gasteiger partial charge in [0.25, 0.3) is 0 Å². The van der Waals surface area contributed by atoms with E-state index < -0.39 is 0 Å². The molecule has 39 heavy (non-hydrogen) atoms. The molecule has 0 aliphatic carbocycles. The van der Waals surface area contributed by atoms with Crippen LogP contribution in [0.4, 0.5) is 17.2 Å². The van der Waals surface area contributed by atoms with Crippen molar-refractivity contribution in [2.75, 3.05) is 43.6 Å². The first-order valence-electron chi connectivity index (χ1n) is 12.7. The van der Waals surface area contributed by atoms with Gasteiger partial charge in [0.15, 0.2) is 0 Å². The van der Waals surface area contributed by atoms with E-state index in [0.717, 1.165) is 63.7 Å². The van der Waals surface area contributed by atoms with Crippen molar-refractivity contribution in [3.63, 3.8) is 0 Å². The van der Waals surface area contributed by atoms with Gasteiger partial charge in [0.1, 0.15) is 11.6 Å². The van der Waals surface area contributed by atoms with Gasteiger partial charge in [-0.3, -0.25) is 9.97 Å². The first-order chi connectivity index (χ1) is 19.1. The molecule has 0 amide bonds. The second-order valence-electron chi connectivity index (χ2n) is 9.24. The van der Waals surface area contributed by atoms with Crippen LogP contribution in [-0.2, 0) is 4.74 Å². The van der Waals surface area contributed by atoms with Crippen LogP contribution in [0.3, 0.4) is 0 Å². The summed E-state index contributed by atoms with van der Waals surface area (Å²) in [5.41, 5.74) is 6.78. The van der Waals surface area contributed by atoms with Gasteiger partial charge in [-0.25, -0.2) is 9.97 Å². The van der Waals surface area contributed by atoms with Gasteiger partial charge >= 0.3 is 0 Å². The van der Waals surface area contributed by atoms with Crippen molar-refractivity contribution in [2.24, 2.45) is 0 Å². The Hall–Kier alpha value is -4.27. The number of ether oxygens (including phenoxy) is 2. The van der Waals surface area contributed by atoms with Crippen LogP contribution in [0.1, 0.15) is 5.56 Å². The number of para-hydroxylation sites is 1. The molecule has 9 heteroatoms. The molecule has 196 valence electrons. The van der Waals surface area contributed by atoms with Crippen LogP contribution in [0, 0.1) is 6.92 Å². The van der Waals surface area contributed by atoms with Crippen LogP contribution in [0.15, 0.2) is 73.3 Å². The number of hydrogen-bond donors (Lipinski definition) is 1. The quantitative estimate of drug-likeness (QED) is 0.269. The van der Waals surface area contributed by atoms with Gasteiger partial charge in [-0.1, -0.05) is 29.8 Å². The number of fused-ring (bicyclic) bond motifs is 1. The highest BCUT2D eigenvalue weighted by Gasteiger charge is 2.20. The number of methoxy groups -OCH3 is 1. The smallest absolute Gasteiger partial charge is 0.137 e. The van der Waals surface area contributed by atoms with Crippen molar-refractivity contribution in [1.82, 2.24) is 19.9 Å². The van der Waals surface area contributed by atoms with Gasteiger partial charge in [-0.15, -0.1) is 0 Å². The van der Waals surface area contributed by atoms with Crippen LogP contribution in [0.5, 0.6) is 5.75 Å². The van der Waals surface area contributed by atoms with E-state index in [4.69, 9.17) is 31.0 Å². The lowest BCUT2D eigenvalue weighted by Crippen LogP contribution is -2.36. The highest BCUT2D eigenvalue weighted by atomic mass is 35.5. The summed E-state index contributed by atoms with van der Waals surface area (Å²) in [5, 5.41) is 5.24. The van der Waals surface area contributed by atoms with Gasteiger partial charge in [-0.2, -0.15) is 0 Å². The minimum Gasteiger partial charge on any atom is -0.495 e. The fraction of sp³-hybridized carbons (Fsp3) is 0.200. The molecule has 1 aromatic carbocycles. The van der Waals surface area contributed by atoms with Crippen molar-refractivity contribution in [2.45, 2.75) is 6.92 Å². The van der Waals surface area contributed by atoms with Gasteiger partial charge < -0.3 is 19.7 Å². The van der Waals surface area contributed by atoms with E-state index in [-0.39, 0.29) is 0 Å². The Morgan fingerprint density at radius 3 is 2.67 bits per heavy atom. The predicted molar refractivity (Wildman–Crippen MR) is 155 cm³/mol. The molecule has 0 unspecified atom stereocenters. The Morgan fingerprint density at radius 1 is 1.00 bits per heavy atom. The molecule has 8 nitrogen and oxygen atoms in total. The Morgan fingerprint density at radius 2 is 1.87 bits per heavy atom. The molecular formula is C30H27ClN6O2. The molecule has 0 radical (unpaired) electrons. The standard InChI is InChI=1S/C30H27ClN6O2/c1-19-28(22-6-5-7-24(31)30(22)36-29(19)25-8-3-4-9-33-25)35-26-15-27(37-10-12-39-13-11-37)34-18-23(26)20-14-21(38-2)17-32-16-20/h3-9,14-18H,10-13H2,1-2H3,(H,34,35,36). The van der Waals surface area contributed by atoms with Crippen molar-refractivity contribution < 1.29 is 9.47 Å². The van der Waals surface area contributed by atoms with Crippen LogP contribution < -0.4 is 15.0 Å². The topological polar surface area (TPSA) is 85.3 Å². The van der Waals surface area contributed by atoms with E-state index in [1.54, 1.807) is 19.5 Å². The number of benzene rings is 1. The number of pyridine rings is 4. The van der Waals surface area contributed by atoms with Gasteiger partial charge in [0.05, 0.1) is 59.8 Å². The Kier molecular flexibility index (Phi) is 6.96. The number of aromatic nitrogens is 4. The van der Waals surface area contributed by atoms with E-state index in [0.29, 0.717) is 29.5 Å². The van der Waals surface area contributed by atoms with Gasteiger partial charge in [-0.05, 0) is 31.2 Å². The molecule has 1 N–H and O–H groups in total. The summed E-state index contributed by atoms with van der Waals surface area (Å²) in [6.07, 6.45) is 7.15. The molecule has 0 bridgehead atoms. The van der Waals surface area contributed by atoms with E-state index in [1.165, 1.54) is 0 Å². The number of anilines is 3. The minimum atomic E-state index is 0.577. The van der Waals surface area contributed by atoms with E-state index in [9.17, 15) is 0 Å². The summed E-state index contributed by atoms with van der Waals surface area (Å²) < 4.78 is 11.0. The van der Waals surface area contributed by atoms with E-state index >= 15 is 0 Å². The summed E-state index contributed by atoms with van der Waals surface area (Å²) in [6.45, 7) is 4.96. The summed E-state index contributed by atoms with van der Waals surface area (Å²) in [4.78, 5) is 20.9. The molecule has 4 aromatic heterocycles. The zero-order valence-electron chi connectivity index (χ0n) is 21.7. The van der Waals surface area contributed by atoms with Crippen molar-refractivity contribution in [1.29, 1.82) is 0 Å². The Balaban J connectivity index is 1.55. The van der Waals surface area contributed by atoms with Crippen LogP contribution in [0.25, 0.3) is 33.4 Å². The number of nitrogens with one attached hydrogen (secondary N) is 1. The first kappa shape index (κ1) is 25.0. The zero-order valence-corrected chi connectivity index (χ0v) is 22.4. The van der Waals surface area contributed by atoms with Gasteiger partial charge in [0, 0.05) is 59.8 Å². The molecule has 0 saturated carbocycles. The Bertz CT molecular complexity index is 1640. The second kappa shape index (κ2) is 10.8. The fourth-order valence-electron chi connectivity index (χ4n) is 4.82. The molecule has 1 saturated heterocycles. The highest BCUT2D eigenvalue weighted by molar-refractivity contribution is 6.35. The minimum absolute atomic E-state index is 0.577. The maximum absolute atomic E-state index is 6.67. The average molecular weight is 539 g/mol. The summed E-state index contributed by atoms with van der Waals surface area (Å²) in [7, 11) is 1.63. The van der Waals surface area contributed by atoms with Crippen LogP contribution in [0.2, 0.25) is 5.02 Å². The normalized spacial score (nSPS) is 13.5. The lowest BCUT2D eigenvalue weighted by molar-refractivity contribution is 0.122. The molecule has 1 fully saturated rings. The van der Waals surface area contributed by atoms with Crippen LogP contribution >= 0.6 is 11.6 Å². The highest BCUT2D eigenvalue weighted by Crippen LogP contribution is 2.40. The number of halogens is 1. The van der Waals surface area contributed by atoms with Crippen molar-refractivity contribution in [3.8, 4) is 28.3 Å². The average Bonchev–Trinajstić information content (AvgIpc) is 2.99. The molecule has 6 rings (SSSR count). The monoisotopic (exact) mass is 538 g/mol. The van der Waals surface area contributed by atoms with Gasteiger partial charge in [0.2, 0.25) is 0 Å². The van der Waals surface area contributed by atoms with Crippen molar-refractivity contribution >= 4 is 39.7 Å². The number of rotatable bonds is 6. The largest absolute Gasteiger partial charge is 0.495 e. The maximum Gasteiger partial charge on any atom is 0.137 e. The molecule has 5 aromatic rings. The third-order valence-electron chi connectivity index (χ3n) is 6.86. The fourth-order valence-corrected chi connectivity index (χ4v) is 5.03. The third kappa shape index (κ3) is 4.96. The number of morpholine rings is 1. The molecular weight excluding hydrogens is 512 g/mol. The Labute approximate surface area is 231 Å². The molecule has 0 spiro atoms. The van der Waals surface area contributed by atoms with E-state index in [1.807, 2.05) is 54.9 Å². The third-order valence-corrected chi connectivity index (χ3v) is 7.17. The second-order valence-corrected chi connectivity index (χ2v) is 9.64. The SMILES string of the molecule is COc1cncc(-c2cnc(N3CCOCC3)cc2Nc2c(C)c(-c3ccccn3)nc3c(Cl)cccc23)c1. The van der Waals surface area contributed by atoms with Crippen LogP contribution in [-0.4, -0.2) is 53.3 Å². The molecule has 1 aliphatic heterocycles. The van der Waals surface area contributed by atoms with E-state index in [2.05, 4.69) is 33.2 Å². The van der Waals surface area contributed by atoms with Crippen molar-refractivity contribution in [3.05, 3.63) is 83.9 Å². The number of hydrogen-bond acceptors (Lipinski definition) is 8. The lowest BCUT2D eigenvalue weighted by Gasteiger charge is -2.28. The first-order valence-corrected chi connectivity index (χ1v) is 13.1. The number of nitrogens with zero attached hydrogens (tertiary/aromatic N) is 5. The molecule has 5 heterocycles. The zero-order chi connectivity index (χ0) is 26.8. The summed E-state index contributed by atoms with van der Waals surface area (Å²) in [5.74, 6) is 1.55. The molecule has 1 aliphatic rings. The summed E-state index contributed by atoms with van der Waals surface area (Å²) >= 11 is 6.67. The molecule has 0 atom stereocenters. The summed E-state index contributed by atoms with van der Waals surface area (Å²) in [6, 6.07) is 15.7. The lowest BCUT2D eigenvalue weighted by atomic mass is 10.0. The maximum atomic E-state index is 6.67.